The Morgan fingerprint density at radius 1 is 1.24 bits per heavy atom. The summed E-state index contributed by atoms with van der Waals surface area (Å²) in [5, 5.41) is 12.7. The maximum atomic E-state index is 12.1. The van der Waals surface area contributed by atoms with Crippen LogP contribution in [0.3, 0.4) is 0 Å². The molecule has 0 aliphatic heterocycles. The Labute approximate surface area is 128 Å². The quantitative estimate of drug-likeness (QED) is 0.768. The van der Waals surface area contributed by atoms with Crippen molar-refractivity contribution in [1.29, 1.82) is 0 Å². The smallest absolute Gasteiger partial charge is 0.284 e. The number of aliphatic hydroxyl groups is 1. The first-order chi connectivity index (χ1) is 10.2. The molecule has 1 aliphatic rings. The largest absolute Gasteiger partial charge is 0.464 e. The van der Waals surface area contributed by atoms with E-state index in [0.29, 0.717) is 35.9 Å². The van der Waals surface area contributed by atoms with Crippen molar-refractivity contribution < 1.29 is 18.3 Å². The van der Waals surface area contributed by atoms with Crippen LogP contribution in [0.1, 0.15) is 37.2 Å². The highest BCUT2D eigenvalue weighted by atomic mass is 32.2. The van der Waals surface area contributed by atoms with E-state index in [-0.39, 0.29) is 12.4 Å². The van der Waals surface area contributed by atoms with Crippen LogP contribution in [-0.4, -0.2) is 24.0 Å². The van der Waals surface area contributed by atoms with Crippen molar-refractivity contribution >= 4 is 11.8 Å². The topological polar surface area (TPSA) is 45.4 Å². The maximum absolute atomic E-state index is 12.1. The molecule has 6 heteroatoms. The molecule has 0 spiro atoms. The highest BCUT2D eigenvalue weighted by molar-refractivity contribution is 7.98. The molecule has 120 valence electrons. The van der Waals surface area contributed by atoms with E-state index in [2.05, 4.69) is 5.32 Å². The SMILES string of the molecule is OCC1CCCCC1CNCc1ccc(CSC(F)F)o1. The fraction of sp³-hybridized carbons (Fsp3) is 0.733. The third-order valence-corrected chi connectivity index (χ3v) is 4.78. The third kappa shape index (κ3) is 5.60. The normalized spacial score (nSPS) is 22.9. The van der Waals surface area contributed by atoms with Crippen LogP contribution in [-0.2, 0) is 12.3 Å². The van der Waals surface area contributed by atoms with Crippen LogP contribution >= 0.6 is 11.8 Å². The molecule has 2 unspecified atom stereocenters. The second-order valence-corrected chi connectivity index (χ2v) is 6.54. The molecule has 0 saturated heterocycles. The predicted octanol–water partition coefficient (Wildman–Crippen LogP) is 3.62. The third-order valence-electron chi connectivity index (χ3n) is 4.08. The lowest BCUT2D eigenvalue weighted by molar-refractivity contribution is 0.132. The van der Waals surface area contributed by atoms with E-state index in [9.17, 15) is 13.9 Å². The molecule has 0 radical (unpaired) electrons. The fourth-order valence-electron chi connectivity index (χ4n) is 2.91. The van der Waals surface area contributed by atoms with Crippen LogP contribution in [0, 0.1) is 11.8 Å². The Hall–Kier alpha value is -0.590. The lowest BCUT2D eigenvalue weighted by Crippen LogP contribution is -2.32. The second-order valence-electron chi connectivity index (χ2n) is 5.56. The summed E-state index contributed by atoms with van der Waals surface area (Å²) in [5.41, 5.74) is 0. The first-order valence-electron chi connectivity index (χ1n) is 7.48. The van der Waals surface area contributed by atoms with Gasteiger partial charge >= 0.3 is 0 Å². The van der Waals surface area contributed by atoms with Crippen molar-refractivity contribution in [2.45, 2.75) is 43.7 Å². The predicted molar refractivity (Wildman–Crippen MR) is 80.2 cm³/mol. The molecule has 3 nitrogen and oxygen atoms in total. The van der Waals surface area contributed by atoms with E-state index in [1.807, 2.05) is 6.07 Å². The number of thioether (sulfide) groups is 1. The zero-order valence-electron chi connectivity index (χ0n) is 12.1. The number of halogens is 2. The van der Waals surface area contributed by atoms with E-state index < -0.39 is 5.76 Å². The number of aliphatic hydroxyl groups excluding tert-OH is 1. The van der Waals surface area contributed by atoms with Gasteiger partial charge in [-0.1, -0.05) is 24.6 Å². The molecule has 2 rings (SSSR count). The molecule has 2 atom stereocenters. The van der Waals surface area contributed by atoms with Crippen LogP contribution in [0.4, 0.5) is 8.78 Å². The molecular formula is C15H23F2NO2S. The monoisotopic (exact) mass is 319 g/mol. The highest BCUT2D eigenvalue weighted by Gasteiger charge is 2.23. The van der Waals surface area contributed by atoms with Gasteiger partial charge in [0, 0.05) is 6.61 Å². The molecule has 1 fully saturated rings. The summed E-state index contributed by atoms with van der Waals surface area (Å²) in [5.74, 6) is 0.124. The highest BCUT2D eigenvalue weighted by Crippen LogP contribution is 2.29. The van der Waals surface area contributed by atoms with Crippen LogP contribution in [0.15, 0.2) is 16.5 Å². The van der Waals surface area contributed by atoms with Crippen LogP contribution in [0.2, 0.25) is 0 Å². The van der Waals surface area contributed by atoms with Gasteiger partial charge in [-0.05, 0) is 43.4 Å². The molecule has 0 amide bonds. The molecule has 2 N–H and O–H groups in total. The molecule has 1 aliphatic carbocycles. The fourth-order valence-corrected chi connectivity index (χ4v) is 3.36. The van der Waals surface area contributed by atoms with Crippen molar-refractivity contribution in [2.24, 2.45) is 11.8 Å². The Kier molecular flexibility index (Phi) is 6.99. The van der Waals surface area contributed by atoms with Crippen molar-refractivity contribution in [2.75, 3.05) is 13.2 Å². The Bertz CT molecular complexity index is 414. The van der Waals surface area contributed by atoms with E-state index in [1.165, 1.54) is 12.8 Å². The van der Waals surface area contributed by atoms with Gasteiger partial charge in [0.15, 0.2) is 0 Å². The van der Waals surface area contributed by atoms with Gasteiger partial charge in [0.1, 0.15) is 11.5 Å². The Balaban J connectivity index is 1.70. The van der Waals surface area contributed by atoms with Gasteiger partial charge in [0.2, 0.25) is 0 Å². The molecular weight excluding hydrogens is 296 g/mol. The summed E-state index contributed by atoms with van der Waals surface area (Å²) in [6, 6.07) is 3.59. The van der Waals surface area contributed by atoms with Gasteiger partial charge in [-0.25, -0.2) is 0 Å². The first-order valence-corrected chi connectivity index (χ1v) is 8.53. The van der Waals surface area contributed by atoms with E-state index in [0.717, 1.165) is 25.1 Å². The summed E-state index contributed by atoms with van der Waals surface area (Å²) in [7, 11) is 0. The summed E-state index contributed by atoms with van der Waals surface area (Å²) >= 11 is 0.572. The van der Waals surface area contributed by atoms with Crippen molar-refractivity contribution in [1.82, 2.24) is 5.32 Å². The van der Waals surface area contributed by atoms with E-state index >= 15 is 0 Å². The van der Waals surface area contributed by atoms with Crippen LogP contribution in [0.5, 0.6) is 0 Å². The molecule has 1 aromatic heterocycles. The summed E-state index contributed by atoms with van der Waals surface area (Å²) in [4.78, 5) is 0. The minimum Gasteiger partial charge on any atom is -0.464 e. The van der Waals surface area contributed by atoms with Gasteiger partial charge in [0.05, 0.1) is 12.3 Å². The van der Waals surface area contributed by atoms with Gasteiger partial charge < -0.3 is 14.8 Å². The number of rotatable bonds is 8. The molecule has 0 bridgehead atoms. The van der Waals surface area contributed by atoms with Gasteiger partial charge in [-0.15, -0.1) is 0 Å². The van der Waals surface area contributed by atoms with Crippen LogP contribution in [0.25, 0.3) is 0 Å². The van der Waals surface area contributed by atoms with Crippen LogP contribution < -0.4 is 5.32 Å². The minimum atomic E-state index is -2.36. The summed E-state index contributed by atoms with van der Waals surface area (Å²) < 4.78 is 29.7. The lowest BCUT2D eigenvalue weighted by Gasteiger charge is -2.30. The standard InChI is InChI=1S/C15H23F2NO2S/c16-15(17)21-10-14-6-5-13(20-14)8-18-7-11-3-1-2-4-12(11)9-19/h5-6,11-12,15,18-19H,1-4,7-10H2. The van der Waals surface area contributed by atoms with E-state index in [4.69, 9.17) is 4.42 Å². The van der Waals surface area contributed by atoms with Gasteiger partial charge in [-0.3, -0.25) is 0 Å². The van der Waals surface area contributed by atoms with Crippen molar-refractivity contribution in [3.8, 4) is 0 Å². The van der Waals surface area contributed by atoms with Crippen molar-refractivity contribution in [3.05, 3.63) is 23.7 Å². The van der Waals surface area contributed by atoms with Gasteiger partial charge in [-0.2, -0.15) is 8.78 Å². The minimum absolute atomic E-state index is 0.201. The summed E-state index contributed by atoms with van der Waals surface area (Å²) in [6.45, 7) is 1.74. The average Bonchev–Trinajstić information content (AvgIpc) is 2.93. The second kappa shape index (κ2) is 8.76. The first kappa shape index (κ1) is 16.8. The van der Waals surface area contributed by atoms with Crippen molar-refractivity contribution in [3.63, 3.8) is 0 Å². The molecule has 1 saturated carbocycles. The average molecular weight is 319 g/mol. The number of hydrogen-bond acceptors (Lipinski definition) is 4. The van der Waals surface area contributed by atoms with E-state index in [1.54, 1.807) is 6.07 Å². The Morgan fingerprint density at radius 2 is 1.95 bits per heavy atom. The Morgan fingerprint density at radius 3 is 2.67 bits per heavy atom. The molecule has 0 aromatic carbocycles. The number of furan rings is 1. The number of hydrogen-bond donors (Lipinski definition) is 2. The lowest BCUT2D eigenvalue weighted by atomic mass is 9.79. The molecule has 1 heterocycles. The molecule has 21 heavy (non-hydrogen) atoms. The molecule has 1 aromatic rings. The number of alkyl halides is 2. The summed E-state index contributed by atoms with van der Waals surface area (Å²) in [6.07, 6.45) is 4.72. The van der Waals surface area contributed by atoms with Gasteiger partial charge in [0.25, 0.3) is 5.76 Å². The zero-order valence-corrected chi connectivity index (χ0v) is 12.9. The zero-order chi connectivity index (χ0) is 15.1. The maximum Gasteiger partial charge on any atom is 0.284 e. The number of nitrogens with one attached hydrogen (secondary N) is 1.